The monoisotopic (exact) mass is 507 g/mol. The van der Waals surface area contributed by atoms with Gasteiger partial charge in [0.2, 0.25) is 0 Å². The van der Waals surface area contributed by atoms with Crippen LogP contribution in [0.3, 0.4) is 0 Å². The van der Waals surface area contributed by atoms with E-state index in [-0.39, 0.29) is 17.2 Å². The van der Waals surface area contributed by atoms with Crippen molar-refractivity contribution >= 4 is 46.3 Å². The summed E-state index contributed by atoms with van der Waals surface area (Å²) < 4.78 is 43.8. The molecule has 0 saturated carbocycles. The summed E-state index contributed by atoms with van der Waals surface area (Å²) in [7, 11) is 1.59. The van der Waals surface area contributed by atoms with E-state index in [0.29, 0.717) is 28.2 Å². The van der Waals surface area contributed by atoms with E-state index in [0.717, 1.165) is 18.0 Å². The van der Waals surface area contributed by atoms with Crippen LogP contribution in [0.2, 0.25) is 0 Å². The van der Waals surface area contributed by atoms with Gasteiger partial charge >= 0.3 is 6.18 Å². The molecule has 0 bridgehead atoms. The zero-order valence-electron chi connectivity index (χ0n) is 20.1. The van der Waals surface area contributed by atoms with Gasteiger partial charge in [-0.25, -0.2) is 9.27 Å². The lowest BCUT2D eigenvalue weighted by Crippen LogP contribution is -2.32. The van der Waals surface area contributed by atoms with E-state index >= 15 is 0 Å². The van der Waals surface area contributed by atoms with Gasteiger partial charge in [-0.2, -0.15) is 13.2 Å². The molecule has 1 aromatic carbocycles. The highest BCUT2D eigenvalue weighted by atomic mass is 32.2. The van der Waals surface area contributed by atoms with Crippen molar-refractivity contribution in [3.63, 3.8) is 0 Å². The zero-order chi connectivity index (χ0) is 26.2. The molecule has 1 amide bonds. The third kappa shape index (κ3) is 6.86. The van der Waals surface area contributed by atoms with Gasteiger partial charge in [-0.1, -0.05) is 26.8 Å². The highest BCUT2D eigenvalue weighted by Crippen LogP contribution is 2.35. The Labute approximate surface area is 207 Å². The van der Waals surface area contributed by atoms with E-state index in [4.69, 9.17) is 9.69 Å². The first-order chi connectivity index (χ1) is 16.7. The summed E-state index contributed by atoms with van der Waals surface area (Å²) in [6.07, 6.45) is -0.318. The number of hydrogen-bond acceptors (Lipinski definition) is 7. The first-order valence-corrected chi connectivity index (χ1v) is 11.8. The first-order valence-electron chi connectivity index (χ1n) is 10.9. The number of carbonyl (C=O) groups excluding carboxylic acids is 1. The summed E-state index contributed by atoms with van der Waals surface area (Å²) in [5.41, 5.74) is 4.54. The summed E-state index contributed by atoms with van der Waals surface area (Å²) in [5, 5.41) is 11.6. The molecule has 0 saturated heterocycles. The van der Waals surface area contributed by atoms with Crippen LogP contribution in [0.25, 0.3) is 5.57 Å². The van der Waals surface area contributed by atoms with Crippen LogP contribution in [0.5, 0.6) is 0 Å². The number of nitrogens with zero attached hydrogens (tertiary/aromatic N) is 2. The predicted molar refractivity (Wildman–Crippen MR) is 135 cm³/mol. The Kier molecular flexibility index (Phi) is 9.90. The fourth-order valence-electron chi connectivity index (χ4n) is 3.10. The molecule has 2 aromatic rings. The number of alkyl halides is 3. The van der Waals surface area contributed by atoms with Crippen molar-refractivity contribution in [2.45, 2.75) is 33.9 Å². The molecule has 1 aromatic heterocycles. The maximum atomic E-state index is 12.8. The minimum atomic E-state index is -4.53. The Morgan fingerprint density at radius 2 is 1.89 bits per heavy atom. The Balaban J connectivity index is 0.00000210. The standard InChI is InChI=1S/C22H22F3N5O2S.C2H6/c1-4-15-20(26)17(12-30(3)21(15)31)16-10-13(29-32-33-5-2)6-8-18(16)28-14-7-9-19(27-11-14)22(23,24)25;1-2/h4,6-12,26,28-29H,5H2,1-3H3;1-2H3/b15-4+,26-20?;. The average molecular weight is 508 g/mol. The number of likely N-dealkylation sites (N-methyl/N-ethyl adjacent to an activating group) is 1. The molecule has 0 spiro atoms. The summed E-state index contributed by atoms with van der Waals surface area (Å²) in [4.78, 5) is 17.3. The molecular formula is C24H28F3N5O2S. The van der Waals surface area contributed by atoms with E-state index in [1.54, 1.807) is 44.4 Å². The molecule has 0 radical (unpaired) electrons. The highest BCUT2D eigenvalue weighted by molar-refractivity contribution is 7.94. The number of benzene rings is 1. The molecule has 35 heavy (non-hydrogen) atoms. The quantitative estimate of drug-likeness (QED) is 0.168. The number of anilines is 3. The molecule has 1 aliphatic rings. The van der Waals surface area contributed by atoms with E-state index < -0.39 is 11.9 Å². The van der Waals surface area contributed by atoms with Gasteiger partial charge in [0.05, 0.1) is 28.9 Å². The maximum absolute atomic E-state index is 12.8. The number of aromatic nitrogens is 1. The third-order valence-corrected chi connectivity index (χ3v) is 5.12. The van der Waals surface area contributed by atoms with Crippen molar-refractivity contribution in [1.82, 2.24) is 9.88 Å². The number of pyridine rings is 1. The van der Waals surface area contributed by atoms with Crippen LogP contribution in [-0.4, -0.2) is 34.3 Å². The molecule has 188 valence electrons. The van der Waals surface area contributed by atoms with Gasteiger partial charge in [0.1, 0.15) is 5.69 Å². The topological polar surface area (TPSA) is 90.3 Å². The van der Waals surface area contributed by atoms with Crippen LogP contribution in [0.15, 0.2) is 54.4 Å². The number of allylic oxidation sites excluding steroid dienone is 2. The lowest BCUT2D eigenvalue weighted by molar-refractivity contribution is -0.141. The number of carbonyl (C=O) groups is 1. The third-order valence-electron chi connectivity index (χ3n) is 4.68. The van der Waals surface area contributed by atoms with E-state index in [1.165, 1.54) is 23.0 Å². The van der Waals surface area contributed by atoms with Crippen LogP contribution in [0.4, 0.5) is 30.2 Å². The minimum Gasteiger partial charge on any atom is -0.354 e. The van der Waals surface area contributed by atoms with E-state index in [1.807, 2.05) is 20.8 Å². The molecule has 0 aliphatic carbocycles. The van der Waals surface area contributed by atoms with Gasteiger partial charge in [-0.15, -0.1) is 0 Å². The van der Waals surface area contributed by atoms with Crippen LogP contribution in [0.1, 0.15) is 39.0 Å². The van der Waals surface area contributed by atoms with Crippen LogP contribution >= 0.6 is 12.0 Å². The van der Waals surface area contributed by atoms with Gasteiger partial charge in [0.25, 0.3) is 5.91 Å². The summed E-state index contributed by atoms with van der Waals surface area (Å²) >= 11 is 1.21. The first kappa shape index (κ1) is 27.9. The van der Waals surface area contributed by atoms with Crippen molar-refractivity contribution in [3.8, 4) is 0 Å². The SMILES string of the molecule is C/C=C1\C(=N)C(c2cc(NOSCC)ccc2Nc2ccc(C(F)(F)F)nc2)=CN(C)C1=O.CC. The number of amides is 1. The fourth-order valence-corrected chi connectivity index (χ4v) is 3.37. The maximum Gasteiger partial charge on any atom is 0.433 e. The zero-order valence-corrected chi connectivity index (χ0v) is 20.9. The number of nitrogens with one attached hydrogen (secondary N) is 3. The highest BCUT2D eigenvalue weighted by Gasteiger charge is 2.32. The molecule has 1 aliphatic heterocycles. The second-order valence-electron chi connectivity index (χ2n) is 6.94. The van der Waals surface area contributed by atoms with Crippen LogP contribution in [0, 0.1) is 5.41 Å². The average Bonchev–Trinajstić information content (AvgIpc) is 2.84. The van der Waals surface area contributed by atoms with E-state index in [2.05, 4.69) is 15.8 Å². The summed E-state index contributed by atoms with van der Waals surface area (Å²) in [6.45, 7) is 7.61. The lowest BCUT2D eigenvalue weighted by atomic mass is 9.91. The smallest absolute Gasteiger partial charge is 0.354 e. The molecule has 3 rings (SSSR count). The van der Waals surface area contributed by atoms with Crippen molar-refractivity contribution in [3.05, 3.63) is 65.6 Å². The summed E-state index contributed by atoms with van der Waals surface area (Å²) in [5.74, 6) is 0.429. The van der Waals surface area contributed by atoms with Gasteiger partial charge in [-0.05, 0) is 37.3 Å². The van der Waals surface area contributed by atoms with E-state index in [9.17, 15) is 18.0 Å². The second-order valence-corrected chi connectivity index (χ2v) is 7.92. The molecular weight excluding hydrogens is 479 g/mol. The van der Waals surface area contributed by atoms with Gasteiger partial charge in [-0.3, -0.25) is 15.7 Å². The molecule has 3 N–H and O–H groups in total. The minimum absolute atomic E-state index is 0.0372. The Bertz CT molecular complexity index is 1120. The number of hydrogen-bond donors (Lipinski definition) is 3. The van der Waals surface area contributed by atoms with Crippen molar-refractivity contribution in [1.29, 1.82) is 5.41 Å². The molecule has 0 atom stereocenters. The normalized spacial score (nSPS) is 14.9. The summed E-state index contributed by atoms with van der Waals surface area (Å²) in [6, 6.07) is 7.32. The fraction of sp³-hybridized carbons (Fsp3) is 0.292. The van der Waals surface area contributed by atoms with Crippen molar-refractivity contribution in [2.75, 3.05) is 23.6 Å². The molecule has 7 nitrogen and oxygen atoms in total. The van der Waals surface area contributed by atoms with Crippen molar-refractivity contribution < 1.29 is 22.2 Å². The van der Waals surface area contributed by atoms with Crippen molar-refractivity contribution in [2.24, 2.45) is 0 Å². The molecule has 0 fully saturated rings. The second kappa shape index (κ2) is 12.4. The molecule has 11 heteroatoms. The molecule has 0 unspecified atom stereocenters. The van der Waals surface area contributed by atoms with Gasteiger partial charge < -0.3 is 10.2 Å². The Morgan fingerprint density at radius 3 is 2.46 bits per heavy atom. The lowest BCUT2D eigenvalue weighted by Gasteiger charge is -2.26. The Hall–Kier alpha value is -3.31. The Morgan fingerprint density at radius 1 is 1.20 bits per heavy atom. The number of rotatable bonds is 7. The largest absolute Gasteiger partial charge is 0.433 e. The van der Waals surface area contributed by atoms with Gasteiger partial charge in [0, 0.05) is 47.9 Å². The van der Waals surface area contributed by atoms with Crippen LogP contribution in [-0.2, 0) is 15.3 Å². The predicted octanol–water partition coefficient (Wildman–Crippen LogP) is 6.66. The van der Waals surface area contributed by atoms with Gasteiger partial charge in [0.15, 0.2) is 0 Å². The number of halogens is 3. The van der Waals surface area contributed by atoms with Crippen LogP contribution < -0.4 is 10.8 Å². The molecule has 2 heterocycles.